The zero-order chi connectivity index (χ0) is 38.1. The monoisotopic (exact) mass is 736 g/mol. The van der Waals surface area contributed by atoms with Crippen molar-refractivity contribution in [2.75, 3.05) is 21.3 Å². The van der Waals surface area contributed by atoms with Crippen LogP contribution in [0.4, 0.5) is 0 Å². The molecule has 12 heteroatoms. The number of rotatable bonds is 12. The minimum Gasteiger partial charge on any atom is -0.496 e. The van der Waals surface area contributed by atoms with Gasteiger partial charge in [-0.05, 0) is 48.0 Å². The molecule has 0 atom stereocenters. The summed E-state index contributed by atoms with van der Waals surface area (Å²) in [6.45, 7) is -0.417. The Morgan fingerprint density at radius 3 is 1.00 bits per heavy atom. The predicted octanol–water partition coefficient (Wildman–Crippen LogP) is 6.27. The number of hydrogen-bond donors (Lipinski definition) is 1. The molecule has 12 nitrogen and oxygen atoms in total. The summed E-state index contributed by atoms with van der Waals surface area (Å²) < 4.78 is 42.3. The Balaban J connectivity index is 1.36. The van der Waals surface area contributed by atoms with Gasteiger partial charge >= 0.3 is 23.9 Å². The number of ether oxygens (including phenoxy) is 7. The molecule has 280 valence electrons. The normalized spacial score (nSPS) is 24.9. The number of carbonyl (C=O) groups excluding carboxylic acids is 4. The largest absolute Gasteiger partial charge is 0.496 e. The molecule has 0 heterocycles. The summed E-state index contributed by atoms with van der Waals surface area (Å²) >= 11 is 0. The number of methoxy groups -OCH3 is 3. The molecule has 4 fully saturated rings. The van der Waals surface area contributed by atoms with Gasteiger partial charge in [0, 0.05) is 38.5 Å². The van der Waals surface area contributed by atoms with Gasteiger partial charge < -0.3 is 38.3 Å². The third-order valence-electron chi connectivity index (χ3n) is 10.5. The van der Waals surface area contributed by atoms with Crippen LogP contribution in [0, 0.1) is 0 Å². The standard InChI is InChI=1S/C42H40O12/c1-48-32-17-9-6-14-29(32)36(45)52-40-21-39(51-35(44)28-13-5-4-12-27(28)20-43)22-41(24-40,53-37(46)30-15-7-10-18-33(30)49-2)26-42(23-39,25-40)54-38(47)31-16-8-11-19-34(31)50-3/h4-19,43H,20-26H2,1-3H3. The van der Waals surface area contributed by atoms with Crippen molar-refractivity contribution < 1.29 is 57.4 Å². The summed E-state index contributed by atoms with van der Waals surface area (Å²) in [6, 6.07) is 26.3. The number of carbonyl (C=O) groups is 4. The lowest BCUT2D eigenvalue weighted by Crippen LogP contribution is -2.75. The van der Waals surface area contributed by atoms with Crippen molar-refractivity contribution in [3.63, 3.8) is 0 Å². The Kier molecular flexibility index (Phi) is 9.57. The molecule has 0 spiro atoms. The van der Waals surface area contributed by atoms with Crippen molar-refractivity contribution in [2.24, 2.45) is 0 Å². The second-order valence-electron chi connectivity index (χ2n) is 14.3. The van der Waals surface area contributed by atoms with Crippen LogP contribution in [0.3, 0.4) is 0 Å². The molecular formula is C42H40O12. The van der Waals surface area contributed by atoms with Crippen molar-refractivity contribution in [3.05, 3.63) is 125 Å². The van der Waals surface area contributed by atoms with Gasteiger partial charge in [0.1, 0.15) is 56.3 Å². The lowest BCUT2D eigenvalue weighted by Gasteiger charge is -2.66. The number of esters is 4. The second kappa shape index (κ2) is 14.2. The Morgan fingerprint density at radius 1 is 0.444 bits per heavy atom. The summed E-state index contributed by atoms with van der Waals surface area (Å²) in [5, 5.41) is 10.1. The van der Waals surface area contributed by atoms with Gasteiger partial charge in [0.25, 0.3) is 0 Å². The quantitative estimate of drug-likeness (QED) is 0.129. The van der Waals surface area contributed by atoms with E-state index < -0.39 is 52.9 Å². The first-order valence-corrected chi connectivity index (χ1v) is 17.5. The van der Waals surface area contributed by atoms with E-state index in [4.69, 9.17) is 33.2 Å². The van der Waals surface area contributed by atoms with Crippen molar-refractivity contribution in [1.82, 2.24) is 0 Å². The highest BCUT2D eigenvalue weighted by Crippen LogP contribution is 2.66. The number of aliphatic hydroxyl groups is 1. The van der Waals surface area contributed by atoms with E-state index in [0.717, 1.165) is 0 Å². The summed E-state index contributed by atoms with van der Waals surface area (Å²) in [4.78, 5) is 56.4. The van der Waals surface area contributed by atoms with Crippen LogP contribution in [0.25, 0.3) is 0 Å². The maximum Gasteiger partial charge on any atom is 0.342 e. The van der Waals surface area contributed by atoms with E-state index in [1.165, 1.54) is 21.3 Å². The molecule has 4 aliphatic rings. The Bertz CT molecular complexity index is 1770. The summed E-state index contributed by atoms with van der Waals surface area (Å²) in [5.74, 6) is -2.07. The predicted molar refractivity (Wildman–Crippen MR) is 192 cm³/mol. The zero-order valence-corrected chi connectivity index (χ0v) is 30.1. The molecule has 0 radical (unpaired) electrons. The third kappa shape index (κ3) is 6.73. The van der Waals surface area contributed by atoms with E-state index in [0.29, 0.717) is 5.56 Å². The van der Waals surface area contributed by atoms with Crippen LogP contribution in [0.15, 0.2) is 97.1 Å². The van der Waals surface area contributed by atoms with Crippen LogP contribution in [-0.2, 0) is 25.6 Å². The Hall–Kier alpha value is -5.88. The smallest absolute Gasteiger partial charge is 0.342 e. The Labute approximate surface area is 311 Å². The molecule has 4 aliphatic carbocycles. The first-order chi connectivity index (χ1) is 26.0. The zero-order valence-electron chi connectivity index (χ0n) is 30.1. The molecule has 0 aliphatic heterocycles. The molecule has 4 aromatic rings. The molecule has 4 saturated carbocycles. The van der Waals surface area contributed by atoms with Gasteiger partial charge in [-0.1, -0.05) is 54.6 Å². The third-order valence-corrected chi connectivity index (χ3v) is 10.5. The first-order valence-electron chi connectivity index (χ1n) is 17.5. The SMILES string of the molecule is COc1ccccc1C(=O)OC12CC3(OC(=O)c4ccccc4CO)CC(OC(=O)c4ccccc4OC)(C1)CC(OC(=O)c1ccccc1OC)(C3)C2. The highest BCUT2D eigenvalue weighted by Gasteiger charge is 2.74. The topological polar surface area (TPSA) is 153 Å². The van der Waals surface area contributed by atoms with Gasteiger partial charge in [-0.3, -0.25) is 0 Å². The van der Waals surface area contributed by atoms with E-state index >= 15 is 0 Å². The lowest BCUT2D eigenvalue weighted by atomic mass is 9.48. The molecule has 54 heavy (non-hydrogen) atoms. The van der Waals surface area contributed by atoms with Gasteiger partial charge in [-0.15, -0.1) is 0 Å². The van der Waals surface area contributed by atoms with Gasteiger partial charge in [0.2, 0.25) is 0 Å². The molecule has 4 aromatic carbocycles. The van der Waals surface area contributed by atoms with E-state index in [2.05, 4.69) is 0 Å². The van der Waals surface area contributed by atoms with Crippen molar-refractivity contribution in [2.45, 2.75) is 67.5 Å². The van der Waals surface area contributed by atoms with Gasteiger partial charge in [0.05, 0.1) is 33.5 Å². The fourth-order valence-corrected chi connectivity index (χ4v) is 9.01. The maximum absolute atomic E-state index is 14.1. The summed E-state index contributed by atoms with van der Waals surface area (Å²) in [6.07, 6.45) is 0.0777. The lowest BCUT2D eigenvalue weighted by molar-refractivity contribution is -0.292. The Morgan fingerprint density at radius 2 is 0.704 bits per heavy atom. The molecule has 0 saturated heterocycles. The van der Waals surface area contributed by atoms with Crippen molar-refractivity contribution >= 4 is 23.9 Å². The van der Waals surface area contributed by atoms with Gasteiger partial charge in [-0.2, -0.15) is 0 Å². The van der Waals surface area contributed by atoms with E-state index in [9.17, 15) is 24.3 Å². The van der Waals surface area contributed by atoms with E-state index in [-0.39, 0.29) is 78.0 Å². The highest BCUT2D eigenvalue weighted by molar-refractivity contribution is 5.95. The van der Waals surface area contributed by atoms with Crippen molar-refractivity contribution in [3.8, 4) is 17.2 Å². The van der Waals surface area contributed by atoms with Crippen LogP contribution >= 0.6 is 0 Å². The maximum atomic E-state index is 14.1. The fourth-order valence-electron chi connectivity index (χ4n) is 9.01. The molecule has 0 aromatic heterocycles. The van der Waals surface area contributed by atoms with Crippen LogP contribution in [0.1, 0.15) is 85.5 Å². The number of para-hydroxylation sites is 3. The van der Waals surface area contributed by atoms with Crippen LogP contribution in [-0.4, -0.2) is 72.7 Å². The average molecular weight is 737 g/mol. The minimum absolute atomic E-state index is 0.00976. The number of aliphatic hydroxyl groups excluding tert-OH is 1. The molecule has 8 rings (SSSR count). The molecule has 0 amide bonds. The molecule has 1 N–H and O–H groups in total. The molecular weight excluding hydrogens is 696 g/mol. The second-order valence-corrected chi connectivity index (χ2v) is 14.3. The van der Waals surface area contributed by atoms with Gasteiger partial charge in [-0.25, -0.2) is 19.2 Å². The van der Waals surface area contributed by atoms with Crippen LogP contribution in [0.2, 0.25) is 0 Å². The fraction of sp³-hybridized carbons (Fsp3) is 0.333. The van der Waals surface area contributed by atoms with Crippen LogP contribution in [0.5, 0.6) is 17.2 Å². The average Bonchev–Trinajstić information content (AvgIpc) is 3.16. The van der Waals surface area contributed by atoms with E-state index in [1.54, 1.807) is 97.1 Å². The van der Waals surface area contributed by atoms with Crippen LogP contribution < -0.4 is 14.2 Å². The highest BCUT2D eigenvalue weighted by atomic mass is 16.6. The summed E-state index contributed by atoms with van der Waals surface area (Å²) in [7, 11) is 4.32. The molecule has 0 unspecified atom stereocenters. The van der Waals surface area contributed by atoms with Gasteiger partial charge in [0.15, 0.2) is 0 Å². The van der Waals surface area contributed by atoms with Crippen molar-refractivity contribution in [1.29, 1.82) is 0 Å². The summed E-state index contributed by atoms with van der Waals surface area (Å²) in [5.41, 5.74) is -4.94. The molecule has 4 bridgehead atoms. The number of hydrogen-bond acceptors (Lipinski definition) is 12. The first kappa shape index (κ1) is 36.5. The minimum atomic E-state index is -1.47. The van der Waals surface area contributed by atoms with E-state index in [1.807, 2.05) is 0 Å². The number of benzene rings is 4.